The Bertz CT molecular complexity index is 289. The van der Waals surface area contributed by atoms with Gasteiger partial charge in [0.2, 0.25) is 0 Å². The molecule has 0 aliphatic carbocycles. The van der Waals surface area contributed by atoms with Crippen molar-refractivity contribution in [2.75, 3.05) is 13.6 Å². The van der Waals surface area contributed by atoms with Gasteiger partial charge in [-0.05, 0) is 50.2 Å². The second kappa shape index (κ2) is 6.29. The maximum absolute atomic E-state index is 3.54. The van der Waals surface area contributed by atoms with Crippen molar-refractivity contribution < 1.29 is 0 Å². The number of aryl methyl sites for hydroxylation is 1. The van der Waals surface area contributed by atoms with Gasteiger partial charge in [0, 0.05) is 11.0 Å². The summed E-state index contributed by atoms with van der Waals surface area (Å²) in [5.41, 5.74) is 2.71. The van der Waals surface area contributed by atoms with Gasteiger partial charge in [-0.3, -0.25) is 0 Å². The molecule has 1 nitrogen and oxygen atoms in total. The SMILES string of the molecule is CCCCN(C)Cc1cc(C)cc(Br)c1. The van der Waals surface area contributed by atoms with Crippen LogP contribution >= 0.6 is 15.9 Å². The molecule has 0 fully saturated rings. The predicted octanol–water partition coefficient (Wildman–Crippen LogP) is 3.99. The van der Waals surface area contributed by atoms with Crippen LogP contribution in [0.25, 0.3) is 0 Å². The van der Waals surface area contributed by atoms with Crippen LogP contribution in [0.3, 0.4) is 0 Å². The predicted molar refractivity (Wildman–Crippen MR) is 70.1 cm³/mol. The van der Waals surface area contributed by atoms with E-state index in [0.29, 0.717) is 0 Å². The highest BCUT2D eigenvalue weighted by Gasteiger charge is 2.01. The number of hydrogen-bond donors (Lipinski definition) is 0. The molecule has 2 heteroatoms. The lowest BCUT2D eigenvalue weighted by Gasteiger charge is -2.16. The maximum atomic E-state index is 3.54. The standard InChI is InChI=1S/C13H20BrN/c1-4-5-6-15(3)10-12-7-11(2)8-13(14)9-12/h7-9H,4-6,10H2,1-3H3. The van der Waals surface area contributed by atoms with Gasteiger partial charge >= 0.3 is 0 Å². The third-order valence-corrected chi connectivity index (χ3v) is 2.91. The summed E-state index contributed by atoms with van der Waals surface area (Å²) >= 11 is 3.54. The summed E-state index contributed by atoms with van der Waals surface area (Å²) in [4.78, 5) is 2.38. The first kappa shape index (κ1) is 12.7. The van der Waals surface area contributed by atoms with Crippen molar-refractivity contribution in [3.63, 3.8) is 0 Å². The van der Waals surface area contributed by atoms with E-state index in [-0.39, 0.29) is 0 Å². The zero-order chi connectivity index (χ0) is 11.3. The van der Waals surface area contributed by atoms with Crippen molar-refractivity contribution in [1.82, 2.24) is 4.90 Å². The second-order valence-corrected chi connectivity index (χ2v) is 5.14. The zero-order valence-electron chi connectivity index (χ0n) is 9.89. The lowest BCUT2D eigenvalue weighted by Crippen LogP contribution is -2.18. The summed E-state index contributed by atoms with van der Waals surface area (Å²) in [5, 5.41) is 0. The van der Waals surface area contributed by atoms with E-state index >= 15 is 0 Å². The fourth-order valence-electron chi connectivity index (χ4n) is 1.72. The van der Waals surface area contributed by atoms with Crippen LogP contribution in [0.5, 0.6) is 0 Å². The van der Waals surface area contributed by atoms with Crippen LogP contribution in [0.1, 0.15) is 30.9 Å². The smallest absolute Gasteiger partial charge is 0.0231 e. The summed E-state index contributed by atoms with van der Waals surface area (Å²) in [6, 6.07) is 6.61. The summed E-state index contributed by atoms with van der Waals surface area (Å²) in [6.07, 6.45) is 2.55. The summed E-state index contributed by atoms with van der Waals surface area (Å²) < 4.78 is 1.18. The number of unbranched alkanes of at least 4 members (excludes halogenated alkanes) is 1. The molecule has 0 N–H and O–H groups in total. The first-order valence-corrected chi connectivity index (χ1v) is 6.35. The van der Waals surface area contributed by atoms with E-state index in [0.717, 1.165) is 6.54 Å². The van der Waals surface area contributed by atoms with Gasteiger partial charge in [0.25, 0.3) is 0 Å². The molecule has 0 radical (unpaired) electrons. The van der Waals surface area contributed by atoms with E-state index in [1.807, 2.05) is 0 Å². The number of hydrogen-bond acceptors (Lipinski definition) is 1. The molecular formula is C13H20BrN. The molecule has 1 aromatic rings. The first-order valence-electron chi connectivity index (χ1n) is 5.56. The minimum atomic E-state index is 1.04. The summed E-state index contributed by atoms with van der Waals surface area (Å²) in [6.45, 7) is 6.60. The van der Waals surface area contributed by atoms with Crippen LogP contribution in [-0.4, -0.2) is 18.5 Å². The summed E-state index contributed by atoms with van der Waals surface area (Å²) in [5.74, 6) is 0. The molecule has 0 heterocycles. The molecule has 0 unspecified atom stereocenters. The summed E-state index contributed by atoms with van der Waals surface area (Å²) in [7, 11) is 2.19. The minimum Gasteiger partial charge on any atom is -0.302 e. The van der Waals surface area contributed by atoms with Crippen LogP contribution < -0.4 is 0 Å². The van der Waals surface area contributed by atoms with Crippen LogP contribution in [-0.2, 0) is 6.54 Å². The van der Waals surface area contributed by atoms with Crippen molar-refractivity contribution >= 4 is 15.9 Å². The van der Waals surface area contributed by atoms with Gasteiger partial charge in [-0.1, -0.05) is 35.3 Å². The highest BCUT2D eigenvalue weighted by atomic mass is 79.9. The fraction of sp³-hybridized carbons (Fsp3) is 0.538. The Balaban J connectivity index is 2.56. The Hall–Kier alpha value is -0.340. The molecule has 1 rings (SSSR count). The second-order valence-electron chi connectivity index (χ2n) is 4.23. The van der Waals surface area contributed by atoms with Gasteiger partial charge in [0.15, 0.2) is 0 Å². The van der Waals surface area contributed by atoms with E-state index < -0.39 is 0 Å². The monoisotopic (exact) mass is 269 g/mol. The Morgan fingerprint density at radius 2 is 2.00 bits per heavy atom. The van der Waals surface area contributed by atoms with E-state index in [9.17, 15) is 0 Å². The Labute approximate surface area is 102 Å². The van der Waals surface area contributed by atoms with Gasteiger partial charge in [-0.25, -0.2) is 0 Å². The molecule has 0 amide bonds. The van der Waals surface area contributed by atoms with Crippen LogP contribution in [0.15, 0.2) is 22.7 Å². The lowest BCUT2D eigenvalue weighted by molar-refractivity contribution is 0.320. The number of nitrogens with zero attached hydrogens (tertiary/aromatic N) is 1. The molecule has 0 aliphatic heterocycles. The van der Waals surface area contributed by atoms with E-state index in [4.69, 9.17) is 0 Å². The zero-order valence-corrected chi connectivity index (χ0v) is 11.5. The van der Waals surface area contributed by atoms with Crippen LogP contribution in [0, 0.1) is 6.92 Å². The molecule has 0 atom stereocenters. The topological polar surface area (TPSA) is 3.24 Å². The maximum Gasteiger partial charge on any atom is 0.0231 e. The van der Waals surface area contributed by atoms with Crippen molar-refractivity contribution in [2.45, 2.75) is 33.2 Å². The molecule has 0 bridgehead atoms. The molecule has 0 saturated heterocycles. The van der Waals surface area contributed by atoms with Gasteiger partial charge < -0.3 is 4.90 Å². The van der Waals surface area contributed by atoms with Gasteiger partial charge in [0.05, 0.1) is 0 Å². The van der Waals surface area contributed by atoms with Gasteiger partial charge in [-0.15, -0.1) is 0 Å². The third kappa shape index (κ3) is 4.80. The number of benzene rings is 1. The number of halogens is 1. The molecule has 1 aromatic carbocycles. The molecular weight excluding hydrogens is 250 g/mol. The average molecular weight is 270 g/mol. The molecule has 0 saturated carbocycles. The lowest BCUT2D eigenvalue weighted by atomic mass is 10.1. The number of rotatable bonds is 5. The Kier molecular flexibility index (Phi) is 5.34. The van der Waals surface area contributed by atoms with Crippen LogP contribution in [0.4, 0.5) is 0 Å². The third-order valence-electron chi connectivity index (χ3n) is 2.45. The Morgan fingerprint density at radius 3 is 2.60 bits per heavy atom. The first-order chi connectivity index (χ1) is 7.11. The van der Waals surface area contributed by atoms with Crippen LogP contribution in [0.2, 0.25) is 0 Å². The Morgan fingerprint density at radius 1 is 1.27 bits per heavy atom. The van der Waals surface area contributed by atoms with Crippen molar-refractivity contribution in [3.8, 4) is 0 Å². The highest BCUT2D eigenvalue weighted by Crippen LogP contribution is 2.16. The molecule has 15 heavy (non-hydrogen) atoms. The quantitative estimate of drug-likeness (QED) is 0.782. The van der Waals surface area contributed by atoms with E-state index in [1.165, 1.54) is 35.0 Å². The highest BCUT2D eigenvalue weighted by molar-refractivity contribution is 9.10. The largest absolute Gasteiger partial charge is 0.302 e. The minimum absolute atomic E-state index is 1.04. The molecule has 84 valence electrons. The van der Waals surface area contributed by atoms with Crippen molar-refractivity contribution in [2.24, 2.45) is 0 Å². The van der Waals surface area contributed by atoms with E-state index in [2.05, 4.69) is 59.9 Å². The van der Waals surface area contributed by atoms with Crippen molar-refractivity contribution in [1.29, 1.82) is 0 Å². The molecule has 0 aliphatic rings. The van der Waals surface area contributed by atoms with Gasteiger partial charge in [0.1, 0.15) is 0 Å². The van der Waals surface area contributed by atoms with Crippen molar-refractivity contribution in [3.05, 3.63) is 33.8 Å². The average Bonchev–Trinajstić information content (AvgIpc) is 2.13. The molecule has 0 aromatic heterocycles. The normalized spacial score (nSPS) is 11.0. The fourth-order valence-corrected chi connectivity index (χ4v) is 2.38. The molecule has 0 spiro atoms. The van der Waals surface area contributed by atoms with E-state index in [1.54, 1.807) is 0 Å². The van der Waals surface area contributed by atoms with Gasteiger partial charge in [-0.2, -0.15) is 0 Å².